The first-order valence-corrected chi connectivity index (χ1v) is 6.08. The summed E-state index contributed by atoms with van der Waals surface area (Å²) in [5.74, 6) is 0. The fourth-order valence-corrected chi connectivity index (χ4v) is 2.57. The maximum atomic E-state index is 12.1. The van der Waals surface area contributed by atoms with Gasteiger partial charge in [0.2, 0.25) is 0 Å². The number of ether oxygens (including phenoxy) is 1. The average molecular weight is 255 g/mol. The van der Waals surface area contributed by atoms with Crippen molar-refractivity contribution in [2.75, 3.05) is 13.7 Å². The molecule has 0 saturated carbocycles. The van der Waals surface area contributed by atoms with E-state index in [0.29, 0.717) is 24.2 Å². The Hall–Kier alpha value is -2.16. The molecule has 5 heteroatoms. The Morgan fingerprint density at radius 1 is 1.47 bits per heavy atom. The van der Waals surface area contributed by atoms with Gasteiger partial charge in [-0.25, -0.2) is 0 Å². The highest BCUT2D eigenvalue weighted by molar-refractivity contribution is 5.87. The molecule has 0 amide bonds. The number of nitrogens with zero attached hydrogens (tertiary/aromatic N) is 1. The summed E-state index contributed by atoms with van der Waals surface area (Å²) in [6.45, 7) is 0.989. The molecule has 1 aromatic carbocycles. The Morgan fingerprint density at radius 2 is 2.32 bits per heavy atom. The second-order valence-electron chi connectivity index (χ2n) is 4.57. The molecule has 0 saturated heterocycles. The van der Waals surface area contributed by atoms with Crippen LogP contribution in [0.3, 0.4) is 0 Å². The average Bonchev–Trinajstić information content (AvgIpc) is 2.46. The Labute approximate surface area is 109 Å². The van der Waals surface area contributed by atoms with Crippen molar-refractivity contribution < 1.29 is 4.74 Å². The van der Waals surface area contributed by atoms with Crippen LogP contribution in [0.1, 0.15) is 22.9 Å². The number of aromatic amines is 1. The zero-order valence-electron chi connectivity index (χ0n) is 10.5. The van der Waals surface area contributed by atoms with Gasteiger partial charge in [-0.05, 0) is 24.6 Å². The Balaban J connectivity index is 2.38. The van der Waals surface area contributed by atoms with E-state index >= 15 is 0 Å². The lowest BCUT2D eigenvalue weighted by Gasteiger charge is -2.26. The predicted octanol–water partition coefficient (Wildman–Crippen LogP) is 1.19. The third-order valence-electron chi connectivity index (χ3n) is 3.50. The van der Waals surface area contributed by atoms with Gasteiger partial charge in [-0.1, -0.05) is 6.07 Å². The molecule has 0 aliphatic carbocycles. The minimum atomic E-state index is -0.175. The molecule has 0 unspecified atom stereocenters. The number of fused-ring (bicyclic) bond motifs is 3. The largest absolute Gasteiger partial charge is 0.373 e. The van der Waals surface area contributed by atoms with Crippen molar-refractivity contribution in [3.63, 3.8) is 0 Å². The molecule has 1 aliphatic heterocycles. The number of rotatable bonds is 1. The summed E-state index contributed by atoms with van der Waals surface area (Å²) in [6.07, 6.45) is 0. The fourth-order valence-electron chi connectivity index (χ4n) is 2.57. The van der Waals surface area contributed by atoms with Crippen LogP contribution in [0.4, 0.5) is 0 Å². The lowest BCUT2D eigenvalue weighted by Crippen LogP contribution is -2.30. The lowest BCUT2D eigenvalue weighted by molar-refractivity contribution is 0.0819. The number of H-pyrrole nitrogens is 1. The van der Waals surface area contributed by atoms with Crippen LogP contribution in [-0.2, 0) is 11.3 Å². The molecule has 1 aliphatic rings. The zero-order chi connectivity index (χ0) is 13.4. The molecule has 0 radical (unpaired) electrons. The van der Waals surface area contributed by atoms with Gasteiger partial charge in [0.1, 0.15) is 0 Å². The van der Waals surface area contributed by atoms with Gasteiger partial charge in [-0.2, -0.15) is 5.26 Å². The highest BCUT2D eigenvalue weighted by Gasteiger charge is 2.23. The van der Waals surface area contributed by atoms with Gasteiger partial charge in [0.05, 0.1) is 30.9 Å². The SMILES string of the molecule is CN[C@H]1COCc2[nH]c(=O)c3cc(C#N)ccc3c21. The molecule has 0 bridgehead atoms. The maximum absolute atomic E-state index is 12.1. The smallest absolute Gasteiger partial charge is 0.256 e. The van der Waals surface area contributed by atoms with Gasteiger partial charge in [0.15, 0.2) is 0 Å². The molecule has 0 spiro atoms. The number of pyridine rings is 1. The molecule has 5 nitrogen and oxygen atoms in total. The molecule has 2 heterocycles. The molecule has 1 aromatic heterocycles. The number of hydrogen-bond acceptors (Lipinski definition) is 4. The number of nitriles is 1. The second-order valence-corrected chi connectivity index (χ2v) is 4.57. The Morgan fingerprint density at radius 3 is 3.05 bits per heavy atom. The van der Waals surface area contributed by atoms with Crippen LogP contribution < -0.4 is 10.9 Å². The second kappa shape index (κ2) is 4.50. The Bertz CT molecular complexity index is 743. The first-order chi connectivity index (χ1) is 9.24. The minimum absolute atomic E-state index is 0.0519. The molecule has 96 valence electrons. The van der Waals surface area contributed by atoms with Crippen LogP contribution in [0.25, 0.3) is 10.8 Å². The molecule has 1 atom stereocenters. The number of nitrogens with one attached hydrogen (secondary N) is 2. The Kier molecular flexibility index (Phi) is 2.82. The van der Waals surface area contributed by atoms with Crippen LogP contribution in [0, 0.1) is 11.3 Å². The molecule has 19 heavy (non-hydrogen) atoms. The molecule has 3 rings (SSSR count). The van der Waals surface area contributed by atoms with E-state index in [1.807, 2.05) is 13.1 Å². The molecular formula is C14H13N3O2. The van der Waals surface area contributed by atoms with Gasteiger partial charge in [-0.3, -0.25) is 4.79 Å². The summed E-state index contributed by atoms with van der Waals surface area (Å²) < 4.78 is 5.46. The molecule has 0 fully saturated rings. The maximum Gasteiger partial charge on any atom is 0.256 e. The van der Waals surface area contributed by atoms with Crippen molar-refractivity contribution in [3.8, 4) is 6.07 Å². The van der Waals surface area contributed by atoms with Crippen molar-refractivity contribution in [1.82, 2.24) is 10.3 Å². The van der Waals surface area contributed by atoms with Crippen LogP contribution in [-0.4, -0.2) is 18.6 Å². The van der Waals surface area contributed by atoms with Gasteiger partial charge in [0, 0.05) is 16.6 Å². The standard InChI is InChI=1S/C14H13N3O2/c1-16-11-6-19-7-12-13(11)9-3-2-8(5-15)4-10(9)14(18)17-12/h2-4,11,16H,6-7H2,1H3,(H,17,18)/t11-/m0/s1. The van der Waals surface area contributed by atoms with E-state index in [4.69, 9.17) is 10.00 Å². The lowest BCUT2D eigenvalue weighted by atomic mass is 9.96. The third kappa shape index (κ3) is 1.82. The molecule has 2 N–H and O–H groups in total. The summed E-state index contributed by atoms with van der Waals surface area (Å²) in [5.41, 5.74) is 2.19. The normalized spacial score (nSPS) is 18.0. The number of hydrogen-bond donors (Lipinski definition) is 2. The van der Waals surface area contributed by atoms with E-state index in [2.05, 4.69) is 16.4 Å². The van der Waals surface area contributed by atoms with Gasteiger partial charge in [0.25, 0.3) is 5.56 Å². The summed E-state index contributed by atoms with van der Waals surface area (Å²) in [7, 11) is 1.86. The fraction of sp³-hybridized carbons (Fsp3) is 0.286. The molecular weight excluding hydrogens is 242 g/mol. The summed E-state index contributed by atoms with van der Waals surface area (Å²) in [4.78, 5) is 14.9. The van der Waals surface area contributed by atoms with E-state index < -0.39 is 0 Å². The number of benzene rings is 1. The van der Waals surface area contributed by atoms with Crippen molar-refractivity contribution >= 4 is 10.8 Å². The first-order valence-electron chi connectivity index (χ1n) is 6.08. The number of likely N-dealkylation sites (N-methyl/N-ethyl adjacent to an activating group) is 1. The highest BCUT2D eigenvalue weighted by atomic mass is 16.5. The third-order valence-corrected chi connectivity index (χ3v) is 3.50. The van der Waals surface area contributed by atoms with Crippen molar-refractivity contribution in [3.05, 3.63) is 45.4 Å². The summed E-state index contributed by atoms with van der Waals surface area (Å²) >= 11 is 0. The van der Waals surface area contributed by atoms with E-state index in [0.717, 1.165) is 16.6 Å². The van der Waals surface area contributed by atoms with Gasteiger partial charge in [-0.15, -0.1) is 0 Å². The molecule has 2 aromatic rings. The van der Waals surface area contributed by atoms with Gasteiger partial charge >= 0.3 is 0 Å². The van der Waals surface area contributed by atoms with Crippen molar-refractivity contribution in [1.29, 1.82) is 5.26 Å². The van der Waals surface area contributed by atoms with E-state index in [1.54, 1.807) is 12.1 Å². The van der Waals surface area contributed by atoms with Crippen LogP contribution in [0.2, 0.25) is 0 Å². The zero-order valence-corrected chi connectivity index (χ0v) is 10.5. The first kappa shape index (κ1) is 11.9. The van der Waals surface area contributed by atoms with Crippen LogP contribution in [0.5, 0.6) is 0 Å². The van der Waals surface area contributed by atoms with E-state index in [9.17, 15) is 4.79 Å². The summed E-state index contributed by atoms with van der Waals surface area (Å²) in [5, 5.41) is 13.6. The predicted molar refractivity (Wildman–Crippen MR) is 70.7 cm³/mol. The quantitative estimate of drug-likeness (QED) is 0.802. The van der Waals surface area contributed by atoms with E-state index in [1.165, 1.54) is 0 Å². The topological polar surface area (TPSA) is 77.9 Å². The van der Waals surface area contributed by atoms with Crippen LogP contribution >= 0.6 is 0 Å². The summed E-state index contributed by atoms with van der Waals surface area (Å²) in [6, 6.07) is 7.33. The minimum Gasteiger partial charge on any atom is -0.373 e. The monoisotopic (exact) mass is 255 g/mol. The number of aromatic nitrogens is 1. The van der Waals surface area contributed by atoms with Crippen LogP contribution in [0.15, 0.2) is 23.0 Å². The van der Waals surface area contributed by atoms with Gasteiger partial charge < -0.3 is 15.0 Å². The van der Waals surface area contributed by atoms with Crippen molar-refractivity contribution in [2.24, 2.45) is 0 Å². The van der Waals surface area contributed by atoms with E-state index in [-0.39, 0.29) is 11.6 Å². The van der Waals surface area contributed by atoms with Crippen molar-refractivity contribution in [2.45, 2.75) is 12.6 Å². The highest BCUT2D eigenvalue weighted by Crippen LogP contribution is 2.29.